The lowest BCUT2D eigenvalue weighted by atomic mass is 10.2. The predicted molar refractivity (Wildman–Crippen MR) is 175 cm³/mol. The summed E-state index contributed by atoms with van der Waals surface area (Å²) in [7, 11) is 6.91. The van der Waals surface area contributed by atoms with Crippen LogP contribution in [-0.4, -0.2) is 81.9 Å². The fraction of sp³-hybridized carbons (Fsp3) is 0.303. The first-order chi connectivity index (χ1) is 21.9. The van der Waals surface area contributed by atoms with Crippen molar-refractivity contribution in [3.8, 4) is 23.1 Å². The molecule has 236 valence electrons. The van der Waals surface area contributed by atoms with Crippen LogP contribution >= 0.6 is 11.8 Å². The smallest absolute Gasteiger partial charge is 0.259 e. The average molecular weight is 631 g/mol. The van der Waals surface area contributed by atoms with Gasteiger partial charge in [0.25, 0.3) is 5.88 Å². The van der Waals surface area contributed by atoms with E-state index in [-0.39, 0.29) is 19.1 Å². The number of carbonyl (C=O) groups excluding carboxylic acids is 1. The monoisotopic (exact) mass is 630 g/mol. The number of ether oxygens (including phenoxy) is 4. The van der Waals surface area contributed by atoms with Crippen molar-refractivity contribution in [1.29, 1.82) is 0 Å². The van der Waals surface area contributed by atoms with Gasteiger partial charge in [-0.3, -0.25) is 9.69 Å². The van der Waals surface area contributed by atoms with Crippen LogP contribution in [0.4, 0.5) is 17.2 Å². The zero-order valence-corrected chi connectivity index (χ0v) is 26.8. The van der Waals surface area contributed by atoms with E-state index in [4.69, 9.17) is 34.6 Å². The summed E-state index contributed by atoms with van der Waals surface area (Å²) in [5, 5.41) is 0.621. The molecule has 12 heteroatoms. The molecular formula is C33H38N6O5S. The Morgan fingerprint density at radius 1 is 0.933 bits per heavy atom. The Kier molecular flexibility index (Phi) is 10.6. The van der Waals surface area contributed by atoms with Gasteiger partial charge in [-0.05, 0) is 37.4 Å². The lowest BCUT2D eigenvalue weighted by Crippen LogP contribution is -2.45. The summed E-state index contributed by atoms with van der Waals surface area (Å²) in [6.45, 7) is 3.49. The molecule has 0 radical (unpaired) electrons. The molecule has 1 saturated heterocycles. The highest BCUT2D eigenvalue weighted by Crippen LogP contribution is 2.38. The maximum Gasteiger partial charge on any atom is 0.259 e. The molecule has 0 atom stereocenters. The van der Waals surface area contributed by atoms with Crippen LogP contribution in [0.2, 0.25) is 0 Å². The molecule has 2 heterocycles. The molecule has 0 saturated carbocycles. The van der Waals surface area contributed by atoms with Gasteiger partial charge in [-0.15, -0.1) is 0 Å². The Hall–Kier alpha value is -4.52. The Labute approximate surface area is 267 Å². The first-order valence-electron chi connectivity index (χ1n) is 14.5. The zero-order valence-electron chi connectivity index (χ0n) is 25.9. The Bertz CT molecular complexity index is 1600. The number of rotatable bonds is 12. The fourth-order valence-corrected chi connectivity index (χ4v) is 5.86. The standard InChI is InChI=1S/C33H38N6O5S/c1-37-13-15-38(16-14-37)32-33(44-22-23-9-8-12-28(42-3)31(23)43-4)36-29(21-35-32)45-27-18-25(17-26(19-27)41-2)39(30(40)20-34)24-10-6-5-7-11-24/h5-12,17-19,21H,13-16,20,22,34H2,1-4H3. The molecule has 1 aliphatic heterocycles. The van der Waals surface area contributed by atoms with E-state index in [1.165, 1.54) is 11.8 Å². The molecule has 45 heavy (non-hydrogen) atoms. The van der Waals surface area contributed by atoms with Crippen LogP contribution in [0.25, 0.3) is 0 Å². The second-order valence-corrected chi connectivity index (χ2v) is 11.4. The van der Waals surface area contributed by atoms with Crippen molar-refractivity contribution in [1.82, 2.24) is 14.9 Å². The van der Waals surface area contributed by atoms with Crippen molar-refractivity contribution < 1.29 is 23.7 Å². The largest absolute Gasteiger partial charge is 0.497 e. The number of carbonyl (C=O) groups is 1. The Morgan fingerprint density at radius 2 is 1.71 bits per heavy atom. The summed E-state index contributed by atoms with van der Waals surface area (Å²) in [4.78, 5) is 29.6. The van der Waals surface area contributed by atoms with Gasteiger partial charge in [0.05, 0.1) is 39.8 Å². The third-order valence-corrected chi connectivity index (χ3v) is 8.25. The van der Waals surface area contributed by atoms with E-state index in [9.17, 15) is 4.79 Å². The maximum absolute atomic E-state index is 13.0. The van der Waals surface area contributed by atoms with E-state index < -0.39 is 0 Å². The van der Waals surface area contributed by atoms with Crippen molar-refractivity contribution in [2.24, 2.45) is 5.73 Å². The number of anilines is 3. The molecule has 1 aliphatic rings. The lowest BCUT2D eigenvalue weighted by Gasteiger charge is -2.33. The van der Waals surface area contributed by atoms with Crippen LogP contribution in [0.5, 0.6) is 23.1 Å². The van der Waals surface area contributed by atoms with Crippen LogP contribution in [-0.2, 0) is 11.4 Å². The maximum atomic E-state index is 13.0. The molecule has 0 bridgehead atoms. The van der Waals surface area contributed by atoms with E-state index in [1.54, 1.807) is 32.4 Å². The number of aromatic nitrogens is 2. The lowest BCUT2D eigenvalue weighted by molar-refractivity contribution is -0.116. The molecular weight excluding hydrogens is 592 g/mol. The number of benzene rings is 3. The van der Waals surface area contributed by atoms with E-state index >= 15 is 0 Å². The number of nitrogens with zero attached hydrogens (tertiary/aromatic N) is 5. The molecule has 5 rings (SSSR count). The fourth-order valence-electron chi connectivity index (χ4n) is 5.03. The Balaban J connectivity index is 1.48. The summed E-state index contributed by atoms with van der Waals surface area (Å²) < 4.78 is 23.1. The van der Waals surface area contributed by atoms with E-state index in [2.05, 4.69) is 16.8 Å². The van der Waals surface area contributed by atoms with Crippen LogP contribution < -0.4 is 34.5 Å². The van der Waals surface area contributed by atoms with Gasteiger partial charge in [-0.25, -0.2) is 9.97 Å². The van der Waals surface area contributed by atoms with Gasteiger partial charge in [0, 0.05) is 48.4 Å². The number of amides is 1. The van der Waals surface area contributed by atoms with Crippen molar-refractivity contribution in [3.05, 3.63) is 78.5 Å². The van der Waals surface area contributed by atoms with Gasteiger partial charge in [-0.2, -0.15) is 0 Å². The normalized spacial score (nSPS) is 13.3. The van der Waals surface area contributed by atoms with Crippen molar-refractivity contribution in [3.63, 3.8) is 0 Å². The zero-order chi connectivity index (χ0) is 31.8. The van der Waals surface area contributed by atoms with Crippen molar-refractivity contribution in [2.75, 3.05) is 70.9 Å². The summed E-state index contributed by atoms with van der Waals surface area (Å²) in [5.41, 5.74) is 7.96. The predicted octanol–water partition coefficient (Wildman–Crippen LogP) is 4.61. The van der Waals surface area contributed by atoms with Gasteiger partial charge >= 0.3 is 0 Å². The molecule has 1 aromatic heterocycles. The molecule has 0 unspecified atom stereocenters. The second kappa shape index (κ2) is 15.0. The second-order valence-electron chi connectivity index (χ2n) is 10.3. The van der Waals surface area contributed by atoms with E-state index in [1.807, 2.05) is 66.7 Å². The number of hydrogen-bond donors (Lipinski definition) is 1. The minimum absolute atomic E-state index is 0.146. The number of likely N-dealkylation sites (N-methyl/N-ethyl adjacent to an activating group) is 1. The average Bonchev–Trinajstić information content (AvgIpc) is 3.08. The highest BCUT2D eigenvalue weighted by molar-refractivity contribution is 7.99. The Morgan fingerprint density at radius 3 is 2.40 bits per heavy atom. The summed E-state index contributed by atoms with van der Waals surface area (Å²) >= 11 is 1.39. The molecule has 1 amide bonds. The third-order valence-electron chi connectivity index (χ3n) is 7.37. The van der Waals surface area contributed by atoms with Gasteiger partial charge in [-0.1, -0.05) is 42.1 Å². The highest BCUT2D eigenvalue weighted by atomic mass is 32.2. The first kappa shape index (κ1) is 31.9. The van der Waals surface area contributed by atoms with Gasteiger partial charge < -0.3 is 34.5 Å². The van der Waals surface area contributed by atoms with Crippen molar-refractivity contribution in [2.45, 2.75) is 16.5 Å². The van der Waals surface area contributed by atoms with Gasteiger partial charge in [0.15, 0.2) is 17.3 Å². The molecule has 1 fully saturated rings. The summed E-state index contributed by atoms with van der Waals surface area (Å²) in [6, 6.07) is 20.7. The van der Waals surface area contributed by atoms with Gasteiger partial charge in [0.2, 0.25) is 5.91 Å². The van der Waals surface area contributed by atoms with Crippen LogP contribution in [0.3, 0.4) is 0 Å². The molecule has 11 nitrogen and oxygen atoms in total. The first-order valence-corrected chi connectivity index (χ1v) is 15.3. The molecule has 2 N–H and O–H groups in total. The molecule has 0 aliphatic carbocycles. The highest BCUT2D eigenvalue weighted by Gasteiger charge is 2.23. The number of piperazine rings is 1. The van der Waals surface area contributed by atoms with E-state index in [0.29, 0.717) is 45.3 Å². The third kappa shape index (κ3) is 7.59. The molecule has 4 aromatic rings. The van der Waals surface area contributed by atoms with E-state index in [0.717, 1.165) is 36.6 Å². The van der Waals surface area contributed by atoms with Gasteiger partial charge in [0.1, 0.15) is 17.4 Å². The SMILES string of the molecule is COc1cc(Sc2cnc(N3CCN(C)CC3)c(OCc3cccc(OC)c3OC)n2)cc(N(C(=O)CN)c2ccccc2)c1. The minimum atomic E-state index is -0.245. The minimum Gasteiger partial charge on any atom is -0.497 e. The molecule has 0 spiro atoms. The number of para-hydroxylation sites is 2. The quantitative estimate of drug-likeness (QED) is 0.237. The van der Waals surface area contributed by atoms with Crippen molar-refractivity contribution >= 4 is 34.9 Å². The van der Waals surface area contributed by atoms with Crippen LogP contribution in [0.1, 0.15) is 5.56 Å². The topological polar surface area (TPSA) is 116 Å². The van der Waals surface area contributed by atoms with Crippen LogP contribution in [0.15, 0.2) is 82.8 Å². The number of nitrogens with two attached hydrogens (primary N) is 1. The summed E-state index contributed by atoms with van der Waals surface area (Å²) in [5.74, 6) is 2.68. The summed E-state index contributed by atoms with van der Waals surface area (Å²) in [6.07, 6.45) is 1.75. The van der Waals surface area contributed by atoms with Crippen LogP contribution in [0, 0.1) is 0 Å². The number of methoxy groups -OCH3 is 3. The molecule has 3 aromatic carbocycles. The number of hydrogen-bond acceptors (Lipinski definition) is 11.